The SMILES string of the molecule is CC(c1ccccc1F)N1CCN(CC(=O)NC(=O)NC2CC2)CC1. The topological polar surface area (TPSA) is 64.7 Å². The normalized spacial score (nSPS) is 20.1. The molecule has 1 atom stereocenters. The van der Waals surface area contributed by atoms with Crippen molar-refractivity contribution in [3.05, 3.63) is 35.6 Å². The third kappa shape index (κ3) is 4.99. The second kappa shape index (κ2) is 7.93. The molecule has 1 saturated carbocycles. The predicted molar refractivity (Wildman–Crippen MR) is 92.5 cm³/mol. The molecule has 136 valence electrons. The molecule has 0 radical (unpaired) electrons. The van der Waals surface area contributed by atoms with E-state index < -0.39 is 6.03 Å². The zero-order valence-corrected chi connectivity index (χ0v) is 14.5. The molecule has 2 aliphatic rings. The maximum absolute atomic E-state index is 13.9. The number of benzene rings is 1. The Morgan fingerprint density at radius 1 is 1.20 bits per heavy atom. The molecule has 0 bridgehead atoms. The lowest BCUT2D eigenvalue weighted by Gasteiger charge is -2.37. The fourth-order valence-corrected chi connectivity index (χ4v) is 3.14. The Labute approximate surface area is 147 Å². The summed E-state index contributed by atoms with van der Waals surface area (Å²) in [7, 11) is 0. The molecule has 1 aliphatic carbocycles. The lowest BCUT2D eigenvalue weighted by molar-refractivity contribution is -0.121. The number of halogens is 1. The van der Waals surface area contributed by atoms with Gasteiger partial charge in [0.05, 0.1) is 6.54 Å². The third-order valence-corrected chi connectivity index (χ3v) is 4.84. The van der Waals surface area contributed by atoms with Gasteiger partial charge >= 0.3 is 6.03 Å². The van der Waals surface area contributed by atoms with Gasteiger partial charge in [0.2, 0.25) is 5.91 Å². The van der Waals surface area contributed by atoms with E-state index in [0.29, 0.717) is 5.56 Å². The van der Waals surface area contributed by atoms with Crippen LogP contribution in [0.4, 0.5) is 9.18 Å². The smallest absolute Gasteiger partial charge is 0.321 e. The van der Waals surface area contributed by atoms with Crippen LogP contribution in [0.2, 0.25) is 0 Å². The number of nitrogens with one attached hydrogen (secondary N) is 2. The highest BCUT2D eigenvalue weighted by atomic mass is 19.1. The van der Waals surface area contributed by atoms with E-state index in [-0.39, 0.29) is 30.4 Å². The first-order valence-electron chi connectivity index (χ1n) is 8.84. The Balaban J connectivity index is 1.42. The van der Waals surface area contributed by atoms with Crippen molar-refractivity contribution < 1.29 is 14.0 Å². The van der Waals surface area contributed by atoms with Crippen LogP contribution < -0.4 is 10.6 Å². The highest BCUT2D eigenvalue weighted by Crippen LogP contribution is 2.23. The highest BCUT2D eigenvalue weighted by molar-refractivity contribution is 5.95. The Morgan fingerprint density at radius 3 is 2.52 bits per heavy atom. The largest absolute Gasteiger partial charge is 0.335 e. The number of hydrogen-bond acceptors (Lipinski definition) is 4. The van der Waals surface area contributed by atoms with Crippen LogP contribution in [0.3, 0.4) is 0 Å². The van der Waals surface area contributed by atoms with Crippen LogP contribution in [0.25, 0.3) is 0 Å². The van der Waals surface area contributed by atoms with Crippen LogP contribution in [0.5, 0.6) is 0 Å². The third-order valence-electron chi connectivity index (χ3n) is 4.84. The number of imide groups is 1. The van der Waals surface area contributed by atoms with Gasteiger partial charge in [0, 0.05) is 43.8 Å². The maximum Gasteiger partial charge on any atom is 0.321 e. The standard InChI is InChI=1S/C18H25FN4O2/c1-13(15-4-2-3-5-16(15)19)23-10-8-22(9-11-23)12-17(24)21-18(25)20-14-6-7-14/h2-5,13-14H,6-12H2,1H3,(H2,20,21,24,25). The van der Waals surface area contributed by atoms with Crippen molar-refractivity contribution in [1.82, 2.24) is 20.4 Å². The fourth-order valence-electron chi connectivity index (χ4n) is 3.14. The molecule has 0 spiro atoms. The van der Waals surface area contributed by atoms with E-state index in [1.807, 2.05) is 24.0 Å². The van der Waals surface area contributed by atoms with Crippen molar-refractivity contribution >= 4 is 11.9 Å². The van der Waals surface area contributed by atoms with E-state index in [2.05, 4.69) is 15.5 Å². The number of amides is 3. The van der Waals surface area contributed by atoms with E-state index >= 15 is 0 Å². The highest BCUT2D eigenvalue weighted by Gasteiger charge is 2.26. The molecule has 1 unspecified atom stereocenters. The van der Waals surface area contributed by atoms with Crippen LogP contribution in [-0.2, 0) is 4.79 Å². The zero-order valence-electron chi connectivity index (χ0n) is 14.5. The number of nitrogens with zero attached hydrogens (tertiary/aromatic N) is 2. The van der Waals surface area contributed by atoms with Gasteiger partial charge in [0.15, 0.2) is 0 Å². The lowest BCUT2D eigenvalue weighted by atomic mass is 10.1. The van der Waals surface area contributed by atoms with Crippen molar-refractivity contribution in [2.24, 2.45) is 0 Å². The van der Waals surface area contributed by atoms with Gasteiger partial charge in [-0.2, -0.15) is 0 Å². The molecule has 1 aromatic rings. The van der Waals surface area contributed by atoms with Crippen LogP contribution in [-0.4, -0.2) is 60.5 Å². The molecule has 1 saturated heterocycles. The van der Waals surface area contributed by atoms with Gasteiger partial charge in [0.1, 0.15) is 5.82 Å². The molecule has 3 rings (SSSR count). The van der Waals surface area contributed by atoms with Crippen LogP contribution >= 0.6 is 0 Å². The summed E-state index contributed by atoms with van der Waals surface area (Å²) in [6.07, 6.45) is 1.98. The minimum Gasteiger partial charge on any atom is -0.335 e. The monoisotopic (exact) mass is 348 g/mol. The van der Waals surface area contributed by atoms with E-state index in [1.165, 1.54) is 6.07 Å². The molecular formula is C18H25FN4O2. The number of carbonyl (C=O) groups is 2. The van der Waals surface area contributed by atoms with Gasteiger partial charge in [-0.3, -0.25) is 19.9 Å². The van der Waals surface area contributed by atoms with E-state index in [9.17, 15) is 14.0 Å². The summed E-state index contributed by atoms with van der Waals surface area (Å²) in [5.74, 6) is -0.466. The molecule has 1 aromatic carbocycles. The average Bonchev–Trinajstić information content (AvgIpc) is 3.39. The van der Waals surface area contributed by atoms with Gasteiger partial charge in [-0.1, -0.05) is 18.2 Å². The van der Waals surface area contributed by atoms with Gasteiger partial charge in [-0.05, 0) is 25.8 Å². The Hall–Kier alpha value is -1.99. The second-order valence-electron chi connectivity index (χ2n) is 6.81. The van der Waals surface area contributed by atoms with Gasteiger partial charge in [-0.25, -0.2) is 9.18 Å². The van der Waals surface area contributed by atoms with Crippen LogP contribution in [0.1, 0.15) is 31.4 Å². The Morgan fingerprint density at radius 2 is 1.88 bits per heavy atom. The van der Waals surface area contributed by atoms with Crippen LogP contribution in [0, 0.1) is 5.82 Å². The van der Waals surface area contributed by atoms with E-state index in [0.717, 1.165) is 39.0 Å². The second-order valence-corrected chi connectivity index (χ2v) is 6.81. The first-order valence-corrected chi connectivity index (χ1v) is 8.84. The molecular weight excluding hydrogens is 323 g/mol. The summed E-state index contributed by atoms with van der Waals surface area (Å²) in [5, 5.41) is 5.11. The molecule has 7 heteroatoms. The summed E-state index contributed by atoms with van der Waals surface area (Å²) in [5.41, 5.74) is 0.699. The van der Waals surface area contributed by atoms with Crippen molar-refractivity contribution in [2.75, 3.05) is 32.7 Å². The van der Waals surface area contributed by atoms with Crippen molar-refractivity contribution in [3.8, 4) is 0 Å². The molecule has 0 aromatic heterocycles. The van der Waals surface area contributed by atoms with Gasteiger partial charge in [-0.15, -0.1) is 0 Å². The Kier molecular flexibility index (Phi) is 5.65. The quantitative estimate of drug-likeness (QED) is 0.846. The first kappa shape index (κ1) is 17.8. The number of piperazine rings is 1. The number of hydrogen-bond donors (Lipinski definition) is 2. The molecule has 2 fully saturated rings. The lowest BCUT2D eigenvalue weighted by Crippen LogP contribution is -2.51. The van der Waals surface area contributed by atoms with Crippen molar-refractivity contribution in [1.29, 1.82) is 0 Å². The van der Waals surface area contributed by atoms with Gasteiger partial charge in [0.25, 0.3) is 0 Å². The number of urea groups is 1. The molecule has 25 heavy (non-hydrogen) atoms. The number of rotatable bonds is 5. The average molecular weight is 348 g/mol. The first-order chi connectivity index (χ1) is 12.0. The molecule has 2 N–H and O–H groups in total. The number of carbonyl (C=O) groups excluding carboxylic acids is 2. The minimum absolute atomic E-state index is 0.00139. The summed E-state index contributed by atoms with van der Waals surface area (Å²) < 4.78 is 13.9. The fraction of sp³-hybridized carbons (Fsp3) is 0.556. The summed E-state index contributed by atoms with van der Waals surface area (Å²) >= 11 is 0. The molecule has 3 amide bonds. The van der Waals surface area contributed by atoms with Crippen LogP contribution in [0.15, 0.2) is 24.3 Å². The predicted octanol–water partition coefficient (Wildman–Crippen LogP) is 1.49. The molecule has 6 nitrogen and oxygen atoms in total. The summed E-state index contributed by atoms with van der Waals surface area (Å²) in [6.45, 7) is 5.17. The minimum atomic E-state index is -0.403. The maximum atomic E-state index is 13.9. The van der Waals surface area contributed by atoms with Crippen molar-refractivity contribution in [3.63, 3.8) is 0 Å². The zero-order chi connectivity index (χ0) is 17.8. The molecule has 1 aliphatic heterocycles. The molecule has 1 heterocycles. The van der Waals surface area contributed by atoms with E-state index in [4.69, 9.17) is 0 Å². The van der Waals surface area contributed by atoms with Crippen molar-refractivity contribution in [2.45, 2.75) is 31.8 Å². The van der Waals surface area contributed by atoms with E-state index in [1.54, 1.807) is 6.07 Å². The van der Waals surface area contributed by atoms with Gasteiger partial charge < -0.3 is 5.32 Å². The Bertz CT molecular complexity index is 627. The summed E-state index contributed by atoms with van der Waals surface area (Å²) in [6, 6.07) is 6.68. The summed E-state index contributed by atoms with van der Waals surface area (Å²) in [4.78, 5) is 27.7.